The smallest absolute Gasteiger partial charge is 0.231 e. The van der Waals surface area contributed by atoms with Crippen LogP contribution in [0.25, 0.3) is 0 Å². The van der Waals surface area contributed by atoms with Gasteiger partial charge in [0.1, 0.15) is 0 Å². The van der Waals surface area contributed by atoms with Crippen molar-refractivity contribution in [1.82, 2.24) is 9.88 Å². The molecule has 1 aliphatic heterocycles. The maximum Gasteiger partial charge on any atom is 0.231 e. The zero-order valence-electron chi connectivity index (χ0n) is 19.3. The third-order valence-electron chi connectivity index (χ3n) is 5.80. The molecule has 1 aliphatic rings. The number of aliphatic imine (C=N–C) groups is 1. The van der Waals surface area contributed by atoms with Gasteiger partial charge in [-0.25, -0.2) is 0 Å². The molecule has 1 atom stereocenters. The Morgan fingerprint density at radius 3 is 2.33 bits per heavy atom. The minimum atomic E-state index is -0.254. The van der Waals surface area contributed by atoms with E-state index in [1.807, 2.05) is 19.1 Å². The minimum absolute atomic E-state index is 0.00720. The molecule has 1 unspecified atom stereocenters. The molecule has 1 aromatic heterocycles. The summed E-state index contributed by atoms with van der Waals surface area (Å²) in [4.78, 5) is 24.0. The van der Waals surface area contributed by atoms with Crippen molar-refractivity contribution in [1.29, 1.82) is 0 Å². The predicted molar refractivity (Wildman–Crippen MR) is 127 cm³/mol. The van der Waals surface area contributed by atoms with E-state index in [1.54, 1.807) is 19.4 Å². The maximum atomic E-state index is 13.1. The molecule has 2 rings (SSSR count). The van der Waals surface area contributed by atoms with E-state index < -0.39 is 0 Å². The number of carbonyl (C=O) groups is 1. The van der Waals surface area contributed by atoms with E-state index in [9.17, 15) is 4.79 Å². The fraction of sp³-hybridized carbons (Fsp3) is 0.560. The lowest BCUT2D eigenvalue weighted by atomic mass is 9.91. The fourth-order valence-electron chi connectivity index (χ4n) is 4.00. The van der Waals surface area contributed by atoms with Crippen LogP contribution < -0.4 is 5.32 Å². The summed E-state index contributed by atoms with van der Waals surface area (Å²) in [5.74, 6) is 0.174. The maximum absolute atomic E-state index is 13.1. The van der Waals surface area contributed by atoms with Crippen LogP contribution in [0.3, 0.4) is 0 Å². The second kappa shape index (κ2) is 12.3. The van der Waals surface area contributed by atoms with Crippen LogP contribution in [0.5, 0.6) is 0 Å². The zero-order chi connectivity index (χ0) is 21.9. The summed E-state index contributed by atoms with van der Waals surface area (Å²) in [5, 5.41) is 3.03. The molecule has 0 bridgehead atoms. The van der Waals surface area contributed by atoms with Gasteiger partial charge in [-0.2, -0.15) is 0 Å². The number of aromatic nitrogens is 1. The molecule has 1 saturated heterocycles. The quantitative estimate of drug-likeness (QED) is 0.456. The van der Waals surface area contributed by atoms with Gasteiger partial charge < -0.3 is 10.2 Å². The first-order valence-corrected chi connectivity index (χ1v) is 11.3. The summed E-state index contributed by atoms with van der Waals surface area (Å²) in [6, 6.07) is 3.62. The molecule has 5 heteroatoms. The van der Waals surface area contributed by atoms with Crippen LogP contribution in [0.1, 0.15) is 59.8 Å². The summed E-state index contributed by atoms with van der Waals surface area (Å²) in [7, 11) is 1.79. The highest BCUT2D eigenvalue weighted by atomic mass is 16.1. The lowest BCUT2D eigenvalue weighted by molar-refractivity contribution is -0.118. The lowest BCUT2D eigenvalue weighted by Gasteiger charge is -2.28. The van der Waals surface area contributed by atoms with Crippen molar-refractivity contribution in [2.24, 2.45) is 16.8 Å². The number of hydrogen-bond acceptors (Lipinski definition) is 4. The Kier molecular flexibility index (Phi) is 9.78. The molecule has 30 heavy (non-hydrogen) atoms. The molecule has 0 aliphatic carbocycles. The Labute approximate surface area is 182 Å². The molecule has 0 saturated carbocycles. The number of amides is 1. The summed E-state index contributed by atoms with van der Waals surface area (Å²) in [5.41, 5.74) is 4.01. The van der Waals surface area contributed by atoms with Crippen LogP contribution in [-0.2, 0) is 4.79 Å². The molecule has 164 valence electrons. The van der Waals surface area contributed by atoms with Crippen molar-refractivity contribution in [3.63, 3.8) is 0 Å². The average Bonchev–Trinajstić information content (AvgIpc) is 3.02. The number of hydrogen-bond donors (Lipinski definition) is 1. The minimum Gasteiger partial charge on any atom is -0.375 e. The first-order chi connectivity index (χ1) is 14.5. The molecule has 0 radical (unpaired) electrons. The monoisotopic (exact) mass is 410 g/mol. The van der Waals surface area contributed by atoms with Crippen LogP contribution in [0.4, 0.5) is 5.69 Å². The van der Waals surface area contributed by atoms with Gasteiger partial charge in [0, 0.05) is 49.6 Å². The van der Waals surface area contributed by atoms with Gasteiger partial charge in [-0.3, -0.25) is 14.8 Å². The summed E-state index contributed by atoms with van der Waals surface area (Å²) in [6.45, 7) is 10.8. The number of nitrogens with one attached hydrogen (secondary N) is 1. The number of rotatable bonds is 8. The van der Waals surface area contributed by atoms with Gasteiger partial charge in [-0.1, -0.05) is 39.7 Å². The molecule has 1 fully saturated rings. The normalized spacial score (nSPS) is 17.7. The van der Waals surface area contributed by atoms with Gasteiger partial charge in [0.2, 0.25) is 5.91 Å². The van der Waals surface area contributed by atoms with Crippen molar-refractivity contribution >= 4 is 17.3 Å². The van der Waals surface area contributed by atoms with E-state index in [1.165, 1.54) is 31.4 Å². The highest BCUT2D eigenvalue weighted by Gasteiger charge is 2.23. The van der Waals surface area contributed by atoms with Gasteiger partial charge >= 0.3 is 0 Å². The van der Waals surface area contributed by atoms with E-state index >= 15 is 0 Å². The summed E-state index contributed by atoms with van der Waals surface area (Å²) < 4.78 is 0. The van der Waals surface area contributed by atoms with Crippen LogP contribution in [0.2, 0.25) is 0 Å². The Balaban J connectivity index is 2.33. The molecule has 5 nitrogen and oxygen atoms in total. The predicted octanol–water partition coefficient (Wildman–Crippen LogP) is 5.48. The summed E-state index contributed by atoms with van der Waals surface area (Å²) >= 11 is 0. The third-order valence-corrected chi connectivity index (χ3v) is 5.80. The fourth-order valence-corrected chi connectivity index (χ4v) is 4.00. The SMILES string of the molecule is CCC(C(=O)Nc1ccncc1)/C(=C/C=C(\C(C)C)N1CCCCCC1)C(C)=NC. The number of allylic oxidation sites excluding steroid dienone is 3. The number of pyridine rings is 1. The Bertz CT molecular complexity index is 757. The van der Waals surface area contributed by atoms with Crippen LogP contribution in [0, 0.1) is 11.8 Å². The molecule has 0 aromatic carbocycles. The molecular weight excluding hydrogens is 372 g/mol. The first kappa shape index (κ1) is 23.8. The average molecular weight is 411 g/mol. The number of likely N-dealkylation sites (tertiary alicyclic amines) is 1. The van der Waals surface area contributed by atoms with E-state index in [0.717, 1.165) is 30.1 Å². The van der Waals surface area contributed by atoms with E-state index in [4.69, 9.17) is 0 Å². The summed E-state index contributed by atoms with van der Waals surface area (Å²) in [6.07, 6.45) is 13.6. The van der Waals surface area contributed by atoms with Crippen LogP contribution in [0.15, 0.2) is 52.9 Å². The van der Waals surface area contributed by atoms with Crippen LogP contribution in [-0.4, -0.2) is 41.6 Å². The van der Waals surface area contributed by atoms with E-state index in [0.29, 0.717) is 12.3 Å². The van der Waals surface area contributed by atoms with Gasteiger partial charge in [-0.15, -0.1) is 0 Å². The number of nitrogens with zero attached hydrogens (tertiary/aromatic N) is 3. The topological polar surface area (TPSA) is 57.6 Å². The van der Waals surface area contributed by atoms with Crippen molar-refractivity contribution < 1.29 is 4.79 Å². The van der Waals surface area contributed by atoms with Crippen molar-refractivity contribution in [3.05, 3.63) is 47.9 Å². The van der Waals surface area contributed by atoms with Crippen LogP contribution >= 0.6 is 0 Å². The largest absolute Gasteiger partial charge is 0.375 e. The second-order valence-electron chi connectivity index (χ2n) is 8.26. The van der Waals surface area contributed by atoms with E-state index in [-0.39, 0.29) is 11.8 Å². The molecule has 0 spiro atoms. The van der Waals surface area contributed by atoms with Crippen molar-refractivity contribution in [3.8, 4) is 0 Å². The van der Waals surface area contributed by atoms with E-state index in [2.05, 4.69) is 53.1 Å². The molecule has 1 amide bonds. The number of anilines is 1. The second-order valence-corrected chi connectivity index (χ2v) is 8.26. The highest BCUT2D eigenvalue weighted by Crippen LogP contribution is 2.24. The van der Waals surface area contributed by atoms with Gasteiger partial charge in [-0.05, 0) is 55.9 Å². The molecular formula is C25H38N4O. The molecule has 2 heterocycles. The Morgan fingerprint density at radius 2 is 1.80 bits per heavy atom. The third kappa shape index (κ3) is 6.82. The molecule has 1 N–H and O–H groups in total. The number of carbonyl (C=O) groups excluding carboxylic acids is 1. The zero-order valence-corrected chi connectivity index (χ0v) is 19.3. The van der Waals surface area contributed by atoms with Crippen molar-refractivity contribution in [2.75, 3.05) is 25.5 Å². The Morgan fingerprint density at radius 1 is 1.17 bits per heavy atom. The highest BCUT2D eigenvalue weighted by molar-refractivity contribution is 6.06. The lowest BCUT2D eigenvalue weighted by Crippen LogP contribution is -2.28. The van der Waals surface area contributed by atoms with Crippen molar-refractivity contribution in [2.45, 2.75) is 59.8 Å². The van der Waals surface area contributed by atoms with Gasteiger partial charge in [0.15, 0.2) is 0 Å². The standard InChI is InChI=1S/C25H38N4O/c1-6-22(25(30)28-21-13-15-27-16-14-21)23(20(4)26-5)11-12-24(19(2)3)29-17-9-7-8-10-18-29/h11-16,19,22H,6-10,17-18H2,1-5H3,(H,27,28,30)/b23-11+,24-12+,26-20?. The first-order valence-electron chi connectivity index (χ1n) is 11.3. The van der Waals surface area contributed by atoms with Gasteiger partial charge in [0.05, 0.1) is 5.92 Å². The molecule has 1 aromatic rings. The van der Waals surface area contributed by atoms with Gasteiger partial charge in [0.25, 0.3) is 0 Å². The Hall–Kier alpha value is -2.43.